The zero-order chi connectivity index (χ0) is 17.5. The molecular weight excluding hydrogens is 324 g/mol. The van der Waals surface area contributed by atoms with Gasteiger partial charge >= 0.3 is 0 Å². The third kappa shape index (κ3) is 2.56. The van der Waals surface area contributed by atoms with Gasteiger partial charge in [0, 0.05) is 0 Å². The second kappa shape index (κ2) is 5.67. The van der Waals surface area contributed by atoms with Gasteiger partial charge in [-0.05, 0) is 66.8 Å². The lowest BCUT2D eigenvalue weighted by molar-refractivity contribution is -0.104. The summed E-state index contributed by atoms with van der Waals surface area (Å²) in [7, 11) is 0. The first-order chi connectivity index (χ1) is 12.8. The lowest BCUT2D eigenvalue weighted by Crippen LogP contribution is -2.01. The van der Waals surface area contributed by atoms with Crippen molar-refractivity contribution < 1.29 is 4.79 Å². The van der Waals surface area contributed by atoms with Crippen molar-refractivity contribution in [3.05, 3.63) is 95.2 Å². The summed E-state index contributed by atoms with van der Waals surface area (Å²) in [5, 5.41) is 0. The Labute approximate surface area is 149 Å². The van der Waals surface area contributed by atoms with Gasteiger partial charge in [-0.25, -0.2) is 20.0 Å². The zero-order valence-electron chi connectivity index (χ0n) is 13.6. The molecule has 0 aromatic carbocycles. The lowest BCUT2D eigenvalue weighted by Gasteiger charge is -1.99. The van der Waals surface area contributed by atoms with Crippen LogP contribution < -0.4 is 0 Å². The first-order valence-corrected chi connectivity index (χ1v) is 8.19. The van der Waals surface area contributed by atoms with Crippen LogP contribution in [0.15, 0.2) is 115 Å². The van der Waals surface area contributed by atoms with Crippen LogP contribution >= 0.6 is 0 Å². The molecular formula is C21H12N4O. The topological polar surface area (TPSA) is 66.5 Å². The molecule has 5 heterocycles. The Balaban J connectivity index is 1.70. The molecule has 0 fully saturated rings. The SMILES string of the molecule is O=CC1=C2C=CC(=N2)C=C2C=CC(=N2)C=C2C=CC(=N2)C=C2C=CC1=N2. The fourth-order valence-electron chi connectivity index (χ4n) is 3.03. The normalized spacial score (nSPS) is 22.1. The van der Waals surface area contributed by atoms with Crippen molar-refractivity contribution in [2.45, 2.75) is 0 Å². The first kappa shape index (κ1) is 14.6. The summed E-state index contributed by atoms with van der Waals surface area (Å²) in [5.74, 6) is 0. The second-order valence-electron chi connectivity index (χ2n) is 6.06. The Bertz CT molecular complexity index is 1120. The minimum absolute atomic E-state index is 0.469. The van der Waals surface area contributed by atoms with Gasteiger partial charge < -0.3 is 0 Å². The van der Waals surface area contributed by atoms with E-state index in [4.69, 9.17) is 0 Å². The molecule has 0 aromatic rings. The highest BCUT2D eigenvalue weighted by Crippen LogP contribution is 2.23. The second-order valence-corrected chi connectivity index (χ2v) is 6.06. The molecule has 5 nitrogen and oxygen atoms in total. The molecule has 0 radical (unpaired) electrons. The first-order valence-electron chi connectivity index (χ1n) is 8.19. The van der Waals surface area contributed by atoms with Crippen LogP contribution in [0.1, 0.15) is 0 Å². The molecule has 5 aliphatic rings. The van der Waals surface area contributed by atoms with Crippen LogP contribution in [0, 0.1) is 0 Å². The van der Waals surface area contributed by atoms with Crippen LogP contribution in [0.5, 0.6) is 0 Å². The number of carbonyl (C=O) groups excluding carboxylic acids is 1. The molecule has 26 heavy (non-hydrogen) atoms. The van der Waals surface area contributed by atoms with Crippen LogP contribution in [0.2, 0.25) is 0 Å². The summed E-state index contributed by atoms with van der Waals surface area (Å²) in [5.41, 5.74) is 6.50. The average molecular weight is 336 g/mol. The van der Waals surface area contributed by atoms with Gasteiger partial charge in [-0.3, -0.25) is 4.79 Å². The third-order valence-electron chi connectivity index (χ3n) is 4.25. The molecule has 0 spiro atoms. The maximum atomic E-state index is 11.6. The Morgan fingerprint density at radius 3 is 1.77 bits per heavy atom. The van der Waals surface area contributed by atoms with E-state index in [-0.39, 0.29) is 0 Å². The Kier molecular flexibility index (Phi) is 3.18. The minimum Gasteiger partial charge on any atom is -0.298 e. The molecule has 0 N–H and O–H groups in total. The average Bonchev–Trinajstić information content (AvgIpc) is 3.39. The predicted octanol–water partition coefficient (Wildman–Crippen LogP) is 3.15. The number of hydrogen-bond acceptors (Lipinski definition) is 5. The van der Waals surface area contributed by atoms with Crippen LogP contribution in [0.25, 0.3) is 0 Å². The number of carbonyl (C=O) groups is 1. The predicted molar refractivity (Wildman–Crippen MR) is 104 cm³/mol. The standard InChI is InChI=1S/C21H12N4O/c26-12-19-20-7-5-17(24-20)10-15-3-1-13(22-15)9-14-2-4-16(23-14)11-18-6-8-21(19)25-18/h1-12H. The number of fused-ring (bicyclic) bond motifs is 4. The summed E-state index contributed by atoms with van der Waals surface area (Å²) in [4.78, 5) is 29.8. The van der Waals surface area contributed by atoms with E-state index in [0.29, 0.717) is 17.0 Å². The number of allylic oxidation sites excluding steroid dienone is 12. The molecule has 5 rings (SSSR count). The van der Waals surface area contributed by atoms with E-state index in [1.165, 1.54) is 0 Å². The Hall–Kier alpha value is -3.73. The van der Waals surface area contributed by atoms with Gasteiger partial charge in [0.2, 0.25) is 0 Å². The van der Waals surface area contributed by atoms with Crippen LogP contribution in [0.4, 0.5) is 0 Å². The smallest absolute Gasteiger partial charge is 0.154 e. The summed E-state index contributed by atoms with van der Waals surface area (Å²) >= 11 is 0. The van der Waals surface area contributed by atoms with Crippen molar-refractivity contribution >= 4 is 29.1 Å². The molecule has 5 heteroatoms. The molecule has 0 aliphatic carbocycles. The van der Waals surface area contributed by atoms with Gasteiger partial charge in [-0.2, -0.15) is 0 Å². The van der Waals surface area contributed by atoms with Crippen LogP contribution in [0.3, 0.4) is 0 Å². The van der Waals surface area contributed by atoms with Crippen LogP contribution in [-0.2, 0) is 4.79 Å². The highest BCUT2D eigenvalue weighted by molar-refractivity contribution is 6.24. The summed E-state index contributed by atoms with van der Waals surface area (Å²) in [6.07, 6.45) is 21.7. The monoisotopic (exact) mass is 336 g/mol. The lowest BCUT2D eigenvalue weighted by atomic mass is 10.1. The van der Waals surface area contributed by atoms with Crippen molar-refractivity contribution in [1.29, 1.82) is 0 Å². The fraction of sp³-hybridized carbons (Fsp3) is 0. The van der Waals surface area contributed by atoms with Crippen molar-refractivity contribution in [2.75, 3.05) is 0 Å². The molecule has 8 bridgehead atoms. The molecule has 0 aromatic heterocycles. The molecule has 0 atom stereocenters. The molecule has 0 amide bonds. The van der Waals surface area contributed by atoms with E-state index < -0.39 is 0 Å². The fourth-order valence-corrected chi connectivity index (χ4v) is 3.03. The number of nitrogens with zero attached hydrogens (tertiary/aromatic N) is 4. The summed E-state index contributed by atoms with van der Waals surface area (Å²) in [6, 6.07) is 0. The van der Waals surface area contributed by atoms with Crippen molar-refractivity contribution in [2.24, 2.45) is 20.0 Å². The number of hydrogen-bond donors (Lipinski definition) is 0. The van der Waals surface area contributed by atoms with E-state index in [9.17, 15) is 4.79 Å². The van der Waals surface area contributed by atoms with E-state index in [1.54, 1.807) is 0 Å². The van der Waals surface area contributed by atoms with Gasteiger partial charge in [0.15, 0.2) is 6.29 Å². The molecule has 0 unspecified atom stereocenters. The van der Waals surface area contributed by atoms with E-state index in [0.717, 1.165) is 40.5 Å². The number of aldehydes is 1. The molecule has 0 saturated heterocycles. The minimum atomic E-state index is 0.469. The van der Waals surface area contributed by atoms with Crippen molar-refractivity contribution in [1.82, 2.24) is 0 Å². The van der Waals surface area contributed by atoms with E-state index >= 15 is 0 Å². The van der Waals surface area contributed by atoms with Gasteiger partial charge in [0.25, 0.3) is 0 Å². The van der Waals surface area contributed by atoms with Crippen molar-refractivity contribution in [3.63, 3.8) is 0 Å². The van der Waals surface area contributed by atoms with Crippen LogP contribution in [-0.4, -0.2) is 29.1 Å². The highest BCUT2D eigenvalue weighted by atomic mass is 16.1. The summed E-state index contributed by atoms with van der Waals surface area (Å²) < 4.78 is 0. The quantitative estimate of drug-likeness (QED) is 0.678. The Morgan fingerprint density at radius 2 is 1.12 bits per heavy atom. The molecule has 5 aliphatic heterocycles. The zero-order valence-corrected chi connectivity index (χ0v) is 13.6. The molecule has 0 saturated carbocycles. The summed E-state index contributed by atoms with van der Waals surface area (Å²) in [6.45, 7) is 0. The third-order valence-corrected chi connectivity index (χ3v) is 4.25. The largest absolute Gasteiger partial charge is 0.298 e. The van der Waals surface area contributed by atoms with Gasteiger partial charge in [-0.1, -0.05) is 0 Å². The van der Waals surface area contributed by atoms with Gasteiger partial charge in [0.05, 0.1) is 51.2 Å². The number of aliphatic imine (C=N–C) groups is 4. The van der Waals surface area contributed by atoms with Crippen molar-refractivity contribution in [3.8, 4) is 0 Å². The van der Waals surface area contributed by atoms with E-state index in [2.05, 4.69) is 20.0 Å². The maximum Gasteiger partial charge on any atom is 0.154 e. The number of rotatable bonds is 1. The Morgan fingerprint density at radius 1 is 0.577 bits per heavy atom. The molecule has 122 valence electrons. The van der Waals surface area contributed by atoms with Gasteiger partial charge in [-0.15, -0.1) is 0 Å². The maximum absolute atomic E-state index is 11.6. The highest BCUT2D eigenvalue weighted by Gasteiger charge is 2.17. The van der Waals surface area contributed by atoms with Gasteiger partial charge in [0.1, 0.15) is 0 Å². The van der Waals surface area contributed by atoms with E-state index in [1.807, 2.05) is 66.8 Å².